The first-order valence-electron chi connectivity index (χ1n) is 8.51. The monoisotopic (exact) mass is 382 g/mol. The van der Waals surface area contributed by atoms with Gasteiger partial charge < -0.3 is 4.74 Å². The number of benzene rings is 1. The van der Waals surface area contributed by atoms with E-state index < -0.39 is 0 Å². The number of thioether (sulfide) groups is 1. The molecule has 0 spiro atoms. The zero-order valence-corrected chi connectivity index (χ0v) is 16.1. The molecule has 1 aliphatic carbocycles. The predicted octanol–water partition coefficient (Wildman–Crippen LogP) is 4.06. The molecular formula is C20H18N2O2S2. The van der Waals surface area contributed by atoms with Gasteiger partial charge >= 0.3 is 0 Å². The summed E-state index contributed by atoms with van der Waals surface area (Å²) in [6.07, 6.45) is 9.76. The lowest BCUT2D eigenvalue weighted by Gasteiger charge is -2.13. The lowest BCUT2D eigenvalue weighted by molar-refractivity contribution is 0.414. The third-order valence-electron chi connectivity index (χ3n) is 4.57. The highest BCUT2D eigenvalue weighted by atomic mass is 32.2. The topological polar surface area (TPSA) is 44.1 Å². The van der Waals surface area contributed by atoms with Gasteiger partial charge in [-0.05, 0) is 55.5 Å². The quantitative estimate of drug-likeness (QED) is 0.388. The molecule has 0 aliphatic heterocycles. The van der Waals surface area contributed by atoms with Gasteiger partial charge in [-0.2, -0.15) is 0 Å². The van der Waals surface area contributed by atoms with Crippen molar-refractivity contribution in [2.45, 2.75) is 30.8 Å². The van der Waals surface area contributed by atoms with Crippen LogP contribution in [0, 0.1) is 12.3 Å². The molecule has 2 aromatic heterocycles. The first kappa shape index (κ1) is 17.2. The lowest BCUT2D eigenvalue weighted by Crippen LogP contribution is -2.22. The summed E-state index contributed by atoms with van der Waals surface area (Å²) in [5, 5.41) is 1.43. The van der Waals surface area contributed by atoms with Crippen molar-refractivity contribution in [3.63, 3.8) is 0 Å². The highest BCUT2D eigenvalue weighted by molar-refractivity contribution is 7.99. The molecule has 132 valence electrons. The van der Waals surface area contributed by atoms with E-state index >= 15 is 0 Å². The maximum atomic E-state index is 13.4. The van der Waals surface area contributed by atoms with Crippen LogP contribution in [-0.2, 0) is 12.8 Å². The summed E-state index contributed by atoms with van der Waals surface area (Å²) in [5.74, 6) is 3.84. The van der Waals surface area contributed by atoms with Crippen molar-refractivity contribution >= 4 is 33.3 Å². The molecule has 0 atom stereocenters. The van der Waals surface area contributed by atoms with E-state index in [1.807, 2.05) is 24.3 Å². The van der Waals surface area contributed by atoms with E-state index in [0.29, 0.717) is 10.9 Å². The van der Waals surface area contributed by atoms with E-state index in [-0.39, 0.29) is 5.56 Å². The molecule has 4 nitrogen and oxygen atoms in total. The van der Waals surface area contributed by atoms with Crippen LogP contribution in [-0.4, -0.2) is 22.4 Å². The molecule has 1 aliphatic rings. The molecule has 0 N–H and O–H groups in total. The fourth-order valence-electron chi connectivity index (χ4n) is 3.35. The first-order chi connectivity index (χ1) is 12.7. The highest BCUT2D eigenvalue weighted by Crippen LogP contribution is 2.35. The van der Waals surface area contributed by atoms with E-state index in [2.05, 4.69) is 5.92 Å². The Bertz CT molecular complexity index is 1060. The number of hydrogen-bond donors (Lipinski definition) is 0. The average molecular weight is 383 g/mol. The zero-order chi connectivity index (χ0) is 18.1. The third kappa shape index (κ3) is 2.91. The first-order valence-corrected chi connectivity index (χ1v) is 10.3. The summed E-state index contributed by atoms with van der Waals surface area (Å²) in [6.45, 7) is 0. The number of rotatable bonds is 4. The van der Waals surface area contributed by atoms with E-state index in [1.165, 1.54) is 28.6 Å². The second-order valence-electron chi connectivity index (χ2n) is 6.12. The Kier molecular flexibility index (Phi) is 4.75. The molecule has 0 radical (unpaired) electrons. The number of ether oxygens (including phenoxy) is 1. The molecule has 2 heterocycles. The second-order valence-corrected chi connectivity index (χ2v) is 8.14. The van der Waals surface area contributed by atoms with Gasteiger partial charge in [0, 0.05) is 4.88 Å². The summed E-state index contributed by atoms with van der Waals surface area (Å²) in [7, 11) is 1.63. The van der Waals surface area contributed by atoms with Gasteiger partial charge in [0.2, 0.25) is 0 Å². The SMILES string of the molecule is C#CCSc1nc2sc3c(c2c(=O)n1-c1ccc(OC)cc1)CCCC3. The van der Waals surface area contributed by atoms with Crippen LogP contribution in [0.25, 0.3) is 15.9 Å². The van der Waals surface area contributed by atoms with Crippen LogP contribution in [0.1, 0.15) is 23.3 Å². The molecule has 26 heavy (non-hydrogen) atoms. The van der Waals surface area contributed by atoms with Gasteiger partial charge in [-0.25, -0.2) is 4.98 Å². The number of nitrogens with zero attached hydrogens (tertiary/aromatic N) is 2. The minimum absolute atomic E-state index is 0.000844. The Balaban J connectivity index is 1.97. The van der Waals surface area contributed by atoms with E-state index in [4.69, 9.17) is 16.1 Å². The molecule has 0 saturated carbocycles. The van der Waals surface area contributed by atoms with Crippen molar-refractivity contribution < 1.29 is 4.74 Å². The van der Waals surface area contributed by atoms with Crippen molar-refractivity contribution in [2.75, 3.05) is 12.9 Å². The van der Waals surface area contributed by atoms with E-state index in [9.17, 15) is 4.79 Å². The van der Waals surface area contributed by atoms with Crippen LogP contribution in [0.2, 0.25) is 0 Å². The Morgan fingerprint density at radius 1 is 1.31 bits per heavy atom. The van der Waals surface area contributed by atoms with Crippen molar-refractivity contribution in [3.05, 3.63) is 45.1 Å². The minimum Gasteiger partial charge on any atom is -0.497 e. The number of aryl methyl sites for hydroxylation is 2. The van der Waals surface area contributed by atoms with E-state index in [1.54, 1.807) is 23.0 Å². The third-order valence-corrected chi connectivity index (χ3v) is 6.60. The Hall–Kier alpha value is -2.23. The van der Waals surface area contributed by atoms with Crippen LogP contribution in [0.5, 0.6) is 5.75 Å². The number of methoxy groups -OCH3 is 1. The van der Waals surface area contributed by atoms with Gasteiger partial charge in [-0.1, -0.05) is 17.7 Å². The fourth-order valence-corrected chi connectivity index (χ4v) is 5.34. The molecule has 0 unspecified atom stereocenters. The normalized spacial score (nSPS) is 13.4. The highest BCUT2D eigenvalue weighted by Gasteiger charge is 2.22. The van der Waals surface area contributed by atoms with Crippen LogP contribution < -0.4 is 10.3 Å². The van der Waals surface area contributed by atoms with Gasteiger partial charge in [-0.15, -0.1) is 17.8 Å². The van der Waals surface area contributed by atoms with Crippen molar-refractivity contribution in [1.29, 1.82) is 0 Å². The summed E-state index contributed by atoms with van der Waals surface area (Å²) in [4.78, 5) is 20.4. The molecule has 0 fully saturated rings. The zero-order valence-electron chi connectivity index (χ0n) is 14.4. The lowest BCUT2D eigenvalue weighted by atomic mass is 9.97. The van der Waals surface area contributed by atoms with Gasteiger partial charge in [0.05, 0.1) is 23.9 Å². The number of terminal acetylenes is 1. The Morgan fingerprint density at radius 3 is 2.81 bits per heavy atom. The van der Waals surface area contributed by atoms with Gasteiger partial charge in [0.25, 0.3) is 5.56 Å². The minimum atomic E-state index is -0.000844. The summed E-state index contributed by atoms with van der Waals surface area (Å²) >= 11 is 3.08. The molecule has 0 bridgehead atoms. The van der Waals surface area contributed by atoms with Crippen LogP contribution in [0.3, 0.4) is 0 Å². The van der Waals surface area contributed by atoms with Gasteiger partial charge in [0.15, 0.2) is 5.16 Å². The van der Waals surface area contributed by atoms with Crippen LogP contribution in [0.4, 0.5) is 0 Å². The standard InChI is InChI=1S/C20H18N2O2S2/c1-3-12-25-20-21-18-17(15-6-4-5-7-16(15)26-18)19(23)22(20)13-8-10-14(24-2)11-9-13/h1,8-11H,4-7,12H2,2H3. The molecule has 3 aromatic rings. The number of thiophene rings is 1. The van der Waals surface area contributed by atoms with Gasteiger partial charge in [0.1, 0.15) is 10.6 Å². The van der Waals surface area contributed by atoms with E-state index in [0.717, 1.165) is 40.9 Å². The molecule has 0 amide bonds. The maximum absolute atomic E-state index is 13.4. The fraction of sp³-hybridized carbons (Fsp3) is 0.300. The molecule has 4 rings (SSSR count). The summed E-state index contributed by atoms with van der Waals surface area (Å²) in [6, 6.07) is 7.47. The summed E-state index contributed by atoms with van der Waals surface area (Å²) < 4.78 is 6.92. The Morgan fingerprint density at radius 2 is 2.08 bits per heavy atom. The largest absolute Gasteiger partial charge is 0.497 e. The van der Waals surface area contributed by atoms with Crippen LogP contribution >= 0.6 is 23.1 Å². The molecular weight excluding hydrogens is 364 g/mol. The van der Waals surface area contributed by atoms with Crippen LogP contribution in [0.15, 0.2) is 34.2 Å². The number of hydrogen-bond acceptors (Lipinski definition) is 5. The second kappa shape index (κ2) is 7.18. The average Bonchev–Trinajstić information content (AvgIpc) is 3.05. The maximum Gasteiger partial charge on any atom is 0.267 e. The molecule has 0 saturated heterocycles. The smallest absolute Gasteiger partial charge is 0.267 e. The van der Waals surface area contributed by atoms with Crippen molar-refractivity contribution in [1.82, 2.24) is 9.55 Å². The Labute approximate surface area is 160 Å². The van der Waals surface area contributed by atoms with Crippen molar-refractivity contribution in [3.8, 4) is 23.8 Å². The summed E-state index contributed by atoms with van der Waals surface area (Å²) in [5.41, 5.74) is 1.98. The van der Waals surface area contributed by atoms with Gasteiger partial charge in [-0.3, -0.25) is 9.36 Å². The predicted molar refractivity (Wildman–Crippen MR) is 108 cm³/mol. The molecule has 1 aromatic carbocycles. The number of fused-ring (bicyclic) bond motifs is 3. The molecule has 6 heteroatoms. The number of aromatic nitrogens is 2. The van der Waals surface area contributed by atoms with Crippen molar-refractivity contribution in [2.24, 2.45) is 0 Å².